The Labute approximate surface area is 127 Å². The summed E-state index contributed by atoms with van der Waals surface area (Å²) in [4.78, 5) is 23.9. The number of rotatable bonds is 3. The summed E-state index contributed by atoms with van der Waals surface area (Å²) in [5, 5.41) is 2.92. The summed E-state index contributed by atoms with van der Waals surface area (Å²) < 4.78 is 0. The Morgan fingerprint density at radius 3 is 2.86 bits per heavy atom. The average molecular weight is 290 g/mol. The van der Waals surface area contributed by atoms with E-state index in [0.717, 1.165) is 33.7 Å². The number of hydrogen-bond donors (Lipinski definition) is 2. The standard InChI is InChI=1S/C17H14N4O/c1-2-3-11-12-8-14-15(9-13(12)21-17(11)22)20-16(19-14)10-4-6-18-7-5-10/h2,4-9,11H,1,3H2,(H,19,20)(H,21,22). The Morgan fingerprint density at radius 2 is 2.09 bits per heavy atom. The van der Waals surface area contributed by atoms with E-state index in [1.807, 2.05) is 24.3 Å². The maximum atomic E-state index is 12.0. The monoisotopic (exact) mass is 290 g/mol. The van der Waals surface area contributed by atoms with Gasteiger partial charge in [0.05, 0.1) is 17.0 Å². The number of nitrogens with one attached hydrogen (secondary N) is 2. The third kappa shape index (κ3) is 1.90. The van der Waals surface area contributed by atoms with Gasteiger partial charge in [0, 0.05) is 23.6 Å². The summed E-state index contributed by atoms with van der Waals surface area (Å²) in [6.45, 7) is 3.73. The Kier molecular flexibility index (Phi) is 2.79. The first-order chi connectivity index (χ1) is 10.8. The number of aromatic amines is 1. The van der Waals surface area contributed by atoms with Crippen LogP contribution in [-0.4, -0.2) is 20.9 Å². The van der Waals surface area contributed by atoms with E-state index in [0.29, 0.717) is 6.42 Å². The molecule has 3 aromatic rings. The van der Waals surface area contributed by atoms with E-state index < -0.39 is 0 Å². The Hall–Kier alpha value is -2.95. The fourth-order valence-electron chi connectivity index (χ4n) is 2.88. The largest absolute Gasteiger partial charge is 0.338 e. The number of benzene rings is 1. The molecule has 2 N–H and O–H groups in total. The van der Waals surface area contributed by atoms with Crippen molar-refractivity contribution in [2.45, 2.75) is 12.3 Å². The molecule has 0 spiro atoms. The number of allylic oxidation sites excluding steroid dienone is 1. The fourth-order valence-corrected chi connectivity index (χ4v) is 2.88. The van der Waals surface area contributed by atoms with Crippen LogP contribution in [0.3, 0.4) is 0 Å². The van der Waals surface area contributed by atoms with Gasteiger partial charge in [0.2, 0.25) is 5.91 Å². The first-order valence-corrected chi connectivity index (χ1v) is 7.12. The smallest absolute Gasteiger partial charge is 0.232 e. The summed E-state index contributed by atoms with van der Waals surface area (Å²) in [7, 11) is 0. The minimum Gasteiger partial charge on any atom is -0.338 e. The summed E-state index contributed by atoms with van der Waals surface area (Å²) in [5.41, 5.74) is 4.60. The molecule has 1 unspecified atom stereocenters. The zero-order valence-corrected chi connectivity index (χ0v) is 11.8. The topological polar surface area (TPSA) is 70.7 Å². The lowest BCUT2D eigenvalue weighted by atomic mass is 9.97. The third-order valence-corrected chi connectivity index (χ3v) is 3.96. The molecule has 2 aromatic heterocycles. The van der Waals surface area contributed by atoms with Gasteiger partial charge < -0.3 is 10.3 Å². The maximum absolute atomic E-state index is 12.0. The van der Waals surface area contributed by atoms with Crippen LogP contribution in [0, 0.1) is 0 Å². The number of pyridine rings is 1. The number of nitrogens with zero attached hydrogens (tertiary/aromatic N) is 2. The number of H-pyrrole nitrogens is 1. The molecule has 0 fully saturated rings. The molecular weight excluding hydrogens is 276 g/mol. The van der Waals surface area contributed by atoms with Gasteiger partial charge in [0.25, 0.3) is 0 Å². The highest BCUT2D eigenvalue weighted by Gasteiger charge is 2.30. The summed E-state index contributed by atoms with van der Waals surface area (Å²) in [6, 6.07) is 7.75. The number of anilines is 1. The van der Waals surface area contributed by atoms with Crippen LogP contribution in [0.2, 0.25) is 0 Å². The van der Waals surface area contributed by atoms with Crippen molar-refractivity contribution in [2.24, 2.45) is 0 Å². The summed E-state index contributed by atoms with van der Waals surface area (Å²) in [6.07, 6.45) is 5.89. The van der Waals surface area contributed by atoms with Gasteiger partial charge >= 0.3 is 0 Å². The van der Waals surface area contributed by atoms with Crippen LogP contribution >= 0.6 is 0 Å². The number of imidazole rings is 1. The molecule has 22 heavy (non-hydrogen) atoms. The molecule has 5 nitrogen and oxygen atoms in total. The highest BCUT2D eigenvalue weighted by atomic mass is 16.2. The molecule has 1 amide bonds. The molecule has 1 atom stereocenters. The number of aromatic nitrogens is 3. The molecule has 0 aliphatic carbocycles. The molecule has 1 aromatic carbocycles. The van der Waals surface area contributed by atoms with Crippen molar-refractivity contribution in [2.75, 3.05) is 5.32 Å². The third-order valence-electron chi connectivity index (χ3n) is 3.96. The predicted molar refractivity (Wildman–Crippen MR) is 85.5 cm³/mol. The van der Waals surface area contributed by atoms with Crippen molar-refractivity contribution < 1.29 is 4.79 Å². The van der Waals surface area contributed by atoms with Crippen molar-refractivity contribution in [3.05, 3.63) is 54.9 Å². The first kappa shape index (κ1) is 12.8. The molecule has 4 rings (SSSR count). The van der Waals surface area contributed by atoms with Crippen LogP contribution in [0.25, 0.3) is 22.4 Å². The first-order valence-electron chi connectivity index (χ1n) is 7.12. The quantitative estimate of drug-likeness (QED) is 0.727. The zero-order valence-electron chi connectivity index (χ0n) is 11.8. The van der Waals surface area contributed by atoms with Gasteiger partial charge in [-0.2, -0.15) is 0 Å². The number of amides is 1. The minimum absolute atomic E-state index is 0.0249. The van der Waals surface area contributed by atoms with Crippen LogP contribution in [0.5, 0.6) is 0 Å². The second-order valence-corrected chi connectivity index (χ2v) is 5.34. The van der Waals surface area contributed by atoms with E-state index in [4.69, 9.17) is 0 Å². The number of fused-ring (bicyclic) bond motifs is 2. The van der Waals surface area contributed by atoms with Crippen LogP contribution < -0.4 is 5.32 Å². The highest BCUT2D eigenvalue weighted by molar-refractivity contribution is 6.05. The highest BCUT2D eigenvalue weighted by Crippen LogP contribution is 2.37. The van der Waals surface area contributed by atoms with E-state index in [2.05, 4.69) is 26.8 Å². The Morgan fingerprint density at radius 1 is 1.27 bits per heavy atom. The van der Waals surface area contributed by atoms with E-state index in [9.17, 15) is 4.79 Å². The van der Waals surface area contributed by atoms with E-state index in [1.54, 1.807) is 18.5 Å². The Balaban J connectivity index is 1.83. The average Bonchev–Trinajstić information content (AvgIpc) is 3.07. The summed E-state index contributed by atoms with van der Waals surface area (Å²) in [5.74, 6) is 0.661. The summed E-state index contributed by atoms with van der Waals surface area (Å²) >= 11 is 0. The second kappa shape index (κ2) is 4.80. The van der Waals surface area contributed by atoms with Crippen LogP contribution in [0.15, 0.2) is 49.3 Å². The minimum atomic E-state index is -0.162. The van der Waals surface area contributed by atoms with Gasteiger partial charge in [0.1, 0.15) is 5.82 Å². The van der Waals surface area contributed by atoms with E-state index in [1.165, 1.54) is 0 Å². The molecule has 108 valence electrons. The van der Waals surface area contributed by atoms with Crippen LogP contribution in [0.4, 0.5) is 5.69 Å². The van der Waals surface area contributed by atoms with Crippen LogP contribution in [0.1, 0.15) is 17.9 Å². The predicted octanol–water partition coefficient (Wildman–Crippen LogP) is 3.24. The molecule has 0 saturated heterocycles. The SMILES string of the molecule is C=CCC1C(=O)Nc2cc3nc(-c4ccncc4)[nH]c3cc21. The molecule has 0 bridgehead atoms. The molecule has 3 heterocycles. The van der Waals surface area contributed by atoms with Gasteiger partial charge in [0.15, 0.2) is 0 Å². The van der Waals surface area contributed by atoms with Gasteiger partial charge in [-0.1, -0.05) is 6.08 Å². The van der Waals surface area contributed by atoms with Gasteiger partial charge in [-0.05, 0) is 36.2 Å². The number of carbonyl (C=O) groups is 1. The van der Waals surface area contributed by atoms with Crippen molar-refractivity contribution in [3.63, 3.8) is 0 Å². The zero-order chi connectivity index (χ0) is 15.1. The normalized spacial score (nSPS) is 16.5. The Bertz CT molecular complexity index is 882. The lowest BCUT2D eigenvalue weighted by Crippen LogP contribution is -2.10. The lowest BCUT2D eigenvalue weighted by Gasteiger charge is -2.04. The van der Waals surface area contributed by atoms with Gasteiger partial charge in [-0.3, -0.25) is 9.78 Å². The van der Waals surface area contributed by atoms with E-state index >= 15 is 0 Å². The number of carbonyl (C=O) groups excluding carboxylic acids is 1. The van der Waals surface area contributed by atoms with Crippen molar-refractivity contribution >= 4 is 22.6 Å². The fraction of sp³-hybridized carbons (Fsp3) is 0.118. The molecule has 1 aliphatic rings. The van der Waals surface area contributed by atoms with Crippen molar-refractivity contribution in [1.82, 2.24) is 15.0 Å². The number of hydrogen-bond acceptors (Lipinski definition) is 3. The molecule has 1 aliphatic heterocycles. The van der Waals surface area contributed by atoms with E-state index in [-0.39, 0.29) is 11.8 Å². The van der Waals surface area contributed by atoms with Gasteiger partial charge in [-0.25, -0.2) is 4.98 Å². The molecule has 0 radical (unpaired) electrons. The lowest BCUT2D eigenvalue weighted by molar-refractivity contribution is -0.116. The second-order valence-electron chi connectivity index (χ2n) is 5.34. The van der Waals surface area contributed by atoms with Gasteiger partial charge in [-0.15, -0.1) is 6.58 Å². The van der Waals surface area contributed by atoms with Crippen molar-refractivity contribution in [1.29, 1.82) is 0 Å². The molecular formula is C17H14N4O. The molecule has 0 saturated carbocycles. The van der Waals surface area contributed by atoms with Crippen LogP contribution in [-0.2, 0) is 4.79 Å². The molecule has 5 heteroatoms. The maximum Gasteiger partial charge on any atom is 0.232 e. The van der Waals surface area contributed by atoms with Crippen molar-refractivity contribution in [3.8, 4) is 11.4 Å².